The number of hydrogen-bond acceptors (Lipinski definition) is 3. The highest BCUT2D eigenvalue weighted by Crippen LogP contribution is 2.31. The number of carbonyl (C=O) groups is 2. The van der Waals surface area contributed by atoms with E-state index in [9.17, 15) is 9.59 Å². The summed E-state index contributed by atoms with van der Waals surface area (Å²) in [7, 11) is 0. The molecule has 23 heavy (non-hydrogen) atoms. The fourth-order valence-corrected chi connectivity index (χ4v) is 3.99. The maximum atomic E-state index is 12.2. The van der Waals surface area contributed by atoms with Crippen LogP contribution in [0.15, 0.2) is 30.3 Å². The number of anilines is 1. The largest absolute Gasteiger partial charge is 0.338 e. The Labute approximate surface area is 148 Å². The van der Waals surface area contributed by atoms with Gasteiger partial charge in [-0.05, 0) is 30.2 Å². The molecule has 0 bridgehead atoms. The SMILES string of the molecule is O=C(Nc1cccc(CN2CCCC2=O)c1)c1cc(Cl)sc1Cl. The topological polar surface area (TPSA) is 49.4 Å². The summed E-state index contributed by atoms with van der Waals surface area (Å²) in [4.78, 5) is 25.8. The maximum Gasteiger partial charge on any atom is 0.258 e. The minimum absolute atomic E-state index is 0.180. The van der Waals surface area contributed by atoms with Gasteiger partial charge in [-0.3, -0.25) is 9.59 Å². The number of thiophene rings is 1. The zero-order valence-corrected chi connectivity index (χ0v) is 14.5. The second-order valence-corrected chi connectivity index (χ2v) is 7.60. The maximum absolute atomic E-state index is 12.2. The Morgan fingerprint density at radius 3 is 2.78 bits per heavy atom. The molecule has 1 aromatic heterocycles. The van der Waals surface area contributed by atoms with Crippen LogP contribution in [0, 0.1) is 0 Å². The number of halogens is 2. The van der Waals surface area contributed by atoms with Gasteiger partial charge in [-0.15, -0.1) is 11.3 Å². The van der Waals surface area contributed by atoms with Crippen LogP contribution < -0.4 is 5.32 Å². The molecule has 1 saturated heterocycles. The molecule has 2 amide bonds. The molecule has 120 valence electrons. The van der Waals surface area contributed by atoms with Crippen molar-refractivity contribution in [2.45, 2.75) is 19.4 Å². The lowest BCUT2D eigenvalue weighted by atomic mass is 10.2. The summed E-state index contributed by atoms with van der Waals surface area (Å²) in [5, 5.41) is 2.81. The van der Waals surface area contributed by atoms with Crippen LogP contribution >= 0.6 is 34.5 Å². The third kappa shape index (κ3) is 3.86. The van der Waals surface area contributed by atoms with Gasteiger partial charge in [0.15, 0.2) is 0 Å². The zero-order valence-electron chi connectivity index (χ0n) is 12.1. The standard InChI is InChI=1S/C16H14Cl2N2O2S/c17-13-8-12(15(18)23-13)16(22)19-11-4-1-3-10(7-11)9-20-6-2-5-14(20)21/h1,3-4,7-8H,2,5-6,9H2,(H,19,22). The van der Waals surface area contributed by atoms with Crippen LogP contribution in [0.5, 0.6) is 0 Å². The van der Waals surface area contributed by atoms with Crippen LogP contribution in [0.4, 0.5) is 5.69 Å². The fraction of sp³-hybridized carbons (Fsp3) is 0.250. The number of benzene rings is 1. The van der Waals surface area contributed by atoms with Gasteiger partial charge in [0.25, 0.3) is 5.91 Å². The molecule has 1 aromatic carbocycles. The molecule has 1 aliphatic heterocycles. The highest BCUT2D eigenvalue weighted by molar-refractivity contribution is 7.20. The van der Waals surface area contributed by atoms with Crippen molar-refractivity contribution in [1.29, 1.82) is 0 Å². The minimum atomic E-state index is -0.299. The first-order valence-corrected chi connectivity index (χ1v) is 8.73. The van der Waals surface area contributed by atoms with Crippen LogP contribution in [-0.2, 0) is 11.3 Å². The van der Waals surface area contributed by atoms with Crippen molar-refractivity contribution in [1.82, 2.24) is 4.90 Å². The number of nitrogens with one attached hydrogen (secondary N) is 1. The zero-order chi connectivity index (χ0) is 16.4. The van der Waals surface area contributed by atoms with Gasteiger partial charge in [-0.1, -0.05) is 35.3 Å². The molecule has 1 aliphatic rings. The van der Waals surface area contributed by atoms with Gasteiger partial charge in [0.05, 0.1) is 9.90 Å². The summed E-state index contributed by atoms with van der Waals surface area (Å²) in [6.07, 6.45) is 1.53. The Morgan fingerprint density at radius 2 is 2.13 bits per heavy atom. The molecule has 2 aromatic rings. The van der Waals surface area contributed by atoms with Crippen molar-refractivity contribution in [3.63, 3.8) is 0 Å². The first-order chi connectivity index (χ1) is 11.0. The highest BCUT2D eigenvalue weighted by Gasteiger charge is 2.20. The van der Waals surface area contributed by atoms with E-state index in [1.165, 1.54) is 0 Å². The Bertz CT molecular complexity index is 760. The lowest BCUT2D eigenvalue weighted by Crippen LogP contribution is -2.23. The van der Waals surface area contributed by atoms with Crippen molar-refractivity contribution < 1.29 is 9.59 Å². The molecule has 0 unspecified atom stereocenters. The van der Waals surface area contributed by atoms with Gasteiger partial charge in [-0.25, -0.2) is 0 Å². The van der Waals surface area contributed by atoms with Crippen molar-refractivity contribution in [3.05, 3.63) is 50.1 Å². The van der Waals surface area contributed by atoms with Gasteiger partial charge >= 0.3 is 0 Å². The van der Waals surface area contributed by atoms with Gasteiger partial charge in [0, 0.05) is 25.2 Å². The molecule has 3 rings (SSSR count). The summed E-state index contributed by atoms with van der Waals surface area (Å²) in [6.45, 7) is 1.35. The van der Waals surface area contributed by atoms with Crippen LogP contribution in [0.1, 0.15) is 28.8 Å². The molecule has 7 heteroatoms. The molecule has 0 saturated carbocycles. The highest BCUT2D eigenvalue weighted by atomic mass is 35.5. The third-order valence-corrected chi connectivity index (χ3v) is 5.12. The van der Waals surface area contributed by atoms with E-state index in [0.29, 0.717) is 32.9 Å². The summed E-state index contributed by atoms with van der Waals surface area (Å²) < 4.78 is 0.841. The van der Waals surface area contributed by atoms with Gasteiger partial charge in [-0.2, -0.15) is 0 Å². The van der Waals surface area contributed by atoms with Crippen molar-refractivity contribution >= 4 is 52.0 Å². The first-order valence-electron chi connectivity index (χ1n) is 7.16. The van der Waals surface area contributed by atoms with Crippen molar-refractivity contribution in [2.24, 2.45) is 0 Å². The number of likely N-dealkylation sites (tertiary alicyclic amines) is 1. The van der Waals surface area contributed by atoms with Crippen molar-refractivity contribution in [3.8, 4) is 0 Å². The first kappa shape index (κ1) is 16.3. The van der Waals surface area contributed by atoms with Crippen LogP contribution in [0.25, 0.3) is 0 Å². The van der Waals surface area contributed by atoms with Gasteiger partial charge in [0.1, 0.15) is 4.34 Å². The average Bonchev–Trinajstić information content (AvgIpc) is 3.05. The molecule has 1 fully saturated rings. The van der Waals surface area contributed by atoms with Gasteiger partial charge < -0.3 is 10.2 Å². The summed E-state index contributed by atoms with van der Waals surface area (Å²) in [5.41, 5.74) is 2.01. The monoisotopic (exact) mass is 368 g/mol. The van der Waals surface area contributed by atoms with E-state index in [1.54, 1.807) is 12.1 Å². The van der Waals surface area contributed by atoms with E-state index in [2.05, 4.69) is 5.32 Å². The molecule has 0 aliphatic carbocycles. The van der Waals surface area contributed by atoms with E-state index in [1.807, 2.05) is 23.1 Å². The number of amides is 2. The predicted molar refractivity (Wildman–Crippen MR) is 93.4 cm³/mol. The van der Waals surface area contributed by atoms with Crippen LogP contribution in [0.3, 0.4) is 0 Å². The van der Waals surface area contributed by atoms with E-state index in [0.717, 1.165) is 29.9 Å². The number of carbonyl (C=O) groups excluding carboxylic acids is 2. The van der Waals surface area contributed by atoms with Crippen LogP contribution in [-0.4, -0.2) is 23.3 Å². The Morgan fingerprint density at radius 1 is 1.30 bits per heavy atom. The van der Waals surface area contributed by atoms with Gasteiger partial charge in [0.2, 0.25) is 5.91 Å². The molecule has 0 spiro atoms. The lowest BCUT2D eigenvalue weighted by Gasteiger charge is -2.16. The third-order valence-electron chi connectivity index (χ3n) is 3.63. The minimum Gasteiger partial charge on any atom is -0.338 e. The molecule has 4 nitrogen and oxygen atoms in total. The normalized spacial score (nSPS) is 14.3. The van der Waals surface area contributed by atoms with E-state index in [-0.39, 0.29) is 11.8 Å². The summed E-state index contributed by atoms with van der Waals surface area (Å²) in [5.74, 6) is -0.119. The molecular formula is C16H14Cl2N2O2S. The number of nitrogens with zero attached hydrogens (tertiary/aromatic N) is 1. The molecule has 2 heterocycles. The second-order valence-electron chi connectivity index (χ2n) is 5.31. The molecule has 1 N–H and O–H groups in total. The lowest BCUT2D eigenvalue weighted by molar-refractivity contribution is -0.128. The summed E-state index contributed by atoms with van der Waals surface area (Å²) >= 11 is 13.0. The van der Waals surface area contributed by atoms with E-state index >= 15 is 0 Å². The predicted octanol–water partition coefficient (Wildman–Crippen LogP) is 4.43. The summed E-state index contributed by atoms with van der Waals surface area (Å²) in [6, 6.07) is 9.01. The molecular weight excluding hydrogens is 355 g/mol. The molecule has 0 radical (unpaired) electrons. The Kier molecular flexibility index (Phi) is 4.90. The number of rotatable bonds is 4. The average molecular weight is 369 g/mol. The van der Waals surface area contributed by atoms with Crippen LogP contribution in [0.2, 0.25) is 8.67 Å². The second kappa shape index (κ2) is 6.91. The molecule has 0 atom stereocenters. The Hall–Kier alpha value is -1.56. The Balaban J connectivity index is 1.71. The van der Waals surface area contributed by atoms with Crippen molar-refractivity contribution in [2.75, 3.05) is 11.9 Å². The van der Waals surface area contributed by atoms with E-state index < -0.39 is 0 Å². The number of hydrogen-bond donors (Lipinski definition) is 1. The van der Waals surface area contributed by atoms with E-state index in [4.69, 9.17) is 23.2 Å². The quantitative estimate of drug-likeness (QED) is 0.867. The fourth-order valence-electron chi connectivity index (χ4n) is 2.53. The smallest absolute Gasteiger partial charge is 0.258 e.